The maximum atomic E-state index is 12.0. The topological polar surface area (TPSA) is 96.9 Å². The van der Waals surface area contributed by atoms with Crippen molar-refractivity contribution in [1.29, 1.82) is 0 Å². The summed E-state index contributed by atoms with van der Waals surface area (Å²) in [4.78, 5) is 12.0. The van der Waals surface area contributed by atoms with Gasteiger partial charge in [0.1, 0.15) is 0 Å². The van der Waals surface area contributed by atoms with Crippen molar-refractivity contribution in [3.05, 3.63) is 34.9 Å². The van der Waals surface area contributed by atoms with Crippen LogP contribution in [-0.2, 0) is 42.2 Å². The number of rotatable bonds is 7. The Hall–Kier alpha value is -2.19. The first-order valence-electron chi connectivity index (χ1n) is 8.29. The van der Waals surface area contributed by atoms with Gasteiger partial charge in [0.15, 0.2) is 0 Å². The first-order chi connectivity index (χ1) is 11.7. The van der Waals surface area contributed by atoms with Crippen LogP contribution in [0.1, 0.15) is 35.6 Å². The van der Waals surface area contributed by atoms with Gasteiger partial charge in [0.25, 0.3) is 0 Å². The minimum Gasteiger partial charge on any atom is -0.378 e. The van der Waals surface area contributed by atoms with Crippen LogP contribution in [0.5, 0.6) is 0 Å². The molecule has 0 bridgehead atoms. The molecule has 0 aliphatic carbocycles. The van der Waals surface area contributed by atoms with Gasteiger partial charge in [0.05, 0.1) is 35.9 Å². The Morgan fingerprint density at radius 3 is 3.21 bits per heavy atom. The van der Waals surface area contributed by atoms with E-state index in [9.17, 15) is 4.79 Å². The summed E-state index contributed by atoms with van der Waals surface area (Å²) in [5.41, 5.74) is 3.88. The Labute approximate surface area is 141 Å². The highest BCUT2D eigenvalue weighted by atomic mass is 16.5. The Morgan fingerprint density at radius 2 is 2.33 bits per heavy atom. The molecule has 8 heteroatoms. The van der Waals surface area contributed by atoms with Crippen molar-refractivity contribution < 1.29 is 9.53 Å². The number of hydrogen-bond donors (Lipinski definition) is 3. The van der Waals surface area contributed by atoms with Gasteiger partial charge in [-0.2, -0.15) is 10.2 Å². The average molecular weight is 332 g/mol. The molecule has 2 aromatic heterocycles. The standard InChI is InChI=1S/C16H24N6O2/c1-24-11-14-7-13(19-20-14)9-18-16(23)4-3-12-8-15-10-17-5-2-6-22(15)21-12/h7-8,17H,2-6,9-11H2,1H3,(H,18,23)(H,19,20). The van der Waals surface area contributed by atoms with Crippen molar-refractivity contribution in [2.75, 3.05) is 13.7 Å². The predicted octanol–water partition coefficient (Wildman–Crippen LogP) is 0.495. The van der Waals surface area contributed by atoms with Gasteiger partial charge in [-0.1, -0.05) is 0 Å². The van der Waals surface area contributed by atoms with E-state index < -0.39 is 0 Å². The molecule has 0 saturated carbocycles. The quantitative estimate of drug-likeness (QED) is 0.686. The molecule has 1 aliphatic rings. The molecule has 24 heavy (non-hydrogen) atoms. The lowest BCUT2D eigenvalue weighted by Crippen LogP contribution is -2.23. The Morgan fingerprint density at radius 1 is 1.42 bits per heavy atom. The largest absolute Gasteiger partial charge is 0.378 e. The van der Waals surface area contributed by atoms with Crippen LogP contribution in [0.3, 0.4) is 0 Å². The lowest BCUT2D eigenvalue weighted by atomic mass is 10.2. The SMILES string of the molecule is COCc1cc(CNC(=O)CCc2cc3n(n2)CCCNC3)[nH]n1. The van der Waals surface area contributed by atoms with Crippen LogP contribution in [0.4, 0.5) is 0 Å². The summed E-state index contributed by atoms with van der Waals surface area (Å²) in [5, 5.41) is 17.9. The number of carbonyl (C=O) groups excluding carboxylic acids is 1. The Balaban J connectivity index is 1.43. The molecule has 0 atom stereocenters. The lowest BCUT2D eigenvalue weighted by molar-refractivity contribution is -0.121. The van der Waals surface area contributed by atoms with E-state index in [-0.39, 0.29) is 5.91 Å². The van der Waals surface area contributed by atoms with Gasteiger partial charge in [0, 0.05) is 33.0 Å². The first kappa shape index (κ1) is 16.7. The molecule has 3 rings (SSSR count). The fourth-order valence-corrected chi connectivity index (χ4v) is 2.79. The molecule has 130 valence electrons. The van der Waals surface area contributed by atoms with Crippen molar-refractivity contribution in [3.63, 3.8) is 0 Å². The second-order valence-electron chi connectivity index (χ2n) is 5.97. The number of hydrogen-bond acceptors (Lipinski definition) is 5. The van der Waals surface area contributed by atoms with Crippen LogP contribution < -0.4 is 10.6 Å². The fourth-order valence-electron chi connectivity index (χ4n) is 2.79. The molecule has 0 unspecified atom stereocenters. The second kappa shape index (κ2) is 8.07. The zero-order chi connectivity index (χ0) is 16.8. The van der Waals surface area contributed by atoms with Crippen LogP contribution in [-0.4, -0.2) is 39.5 Å². The van der Waals surface area contributed by atoms with E-state index in [1.165, 1.54) is 5.69 Å². The van der Waals surface area contributed by atoms with E-state index in [1.54, 1.807) is 7.11 Å². The molecule has 1 aliphatic heterocycles. The number of aromatic nitrogens is 4. The molecule has 3 N–H and O–H groups in total. The normalized spacial score (nSPS) is 14.2. The van der Waals surface area contributed by atoms with E-state index in [0.717, 1.165) is 43.1 Å². The number of nitrogens with zero attached hydrogens (tertiary/aromatic N) is 3. The molecular formula is C16H24N6O2. The van der Waals surface area contributed by atoms with Crippen LogP contribution in [0, 0.1) is 0 Å². The van der Waals surface area contributed by atoms with Gasteiger partial charge in [-0.25, -0.2) is 0 Å². The summed E-state index contributed by atoms with van der Waals surface area (Å²) in [5.74, 6) is 0.0132. The summed E-state index contributed by atoms with van der Waals surface area (Å²) in [7, 11) is 1.63. The van der Waals surface area contributed by atoms with E-state index in [0.29, 0.717) is 26.0 Å². The molecule has 1 amide bonds. The summed E-state index contributed by atoms with van der Waals surface area (Å²) in [6, 6.07) is 3.99. The zero-order valence-corrected chi connectivity index (χ0v) is 14.0. The van der Waals surface area contributed by atoms with Crippen LogP contribution in [0.25, 0.3) is 0 Å². The van der Waals surface area contributed by atoms with Gasteiger partial charge >= 0.3 is 0 Å². The first-order valence-corrected chi connectivity index (χ1v) is 8.29. The number of fused-ring (bicyclic) bond motifs is 1. The van der Waals surface area contributed by atoms with Gasteiger partial charge in [-0.3, -0.25) is 14.6 Å². The van der Waals surface area contributed by atoms with E-state index in [4.69, 9.17) is 4.74 Å². The van der Waals surface area contributed by atoms with Gasteiger partial charge in [0.2, 0.25) is 5.91 Å². The number of nitrogens with one attached hydrogen (secondary N) is 3. The molecule has 0 spiro atoms. The average Bonchev–Trinajstić information content (AvgIpc) is 3.13. The highest BCUT2D eigenvalue weighted by Crippen LogP contribution is 2.10. The third-order valence-electron chi connectivity index (χ3n) is 4.00. The number of methoxy groups -OCH3 is 1. The smallest absolute Gasteiger partial charge is 0.220 e. The minimum absolute atomic E-state index is 0.0132. The van der Waals surface area contributed by atoms with Crippen molar-refractivity contribution in [2.24, 2.45) is 0 Å². The summed E-state index contributed by atoms with van der Waals surface area (Å²) in [6.07, 6.45) is 2.18. The Bertz CT molecular complexity index is 654. The molecule has 0 saturated heterocycles. The zero-order valence-electron chi connectivity index (χ0n) is 14.0. The summed E-state index contributed by atoms with van der Waals surface area (Å²) < 4.78 is 7.06. The number of H-pyrrole nitrogens is 1. The maximum absolute atomic E-state index is 12.0. The number of aryl methyl sites for hydroxylation is 2. The Kier molecular flexibility index (Phi) is 5.60. The molecule has 8 nitrogen and oxygen atoms in total. The third kappa shape index (κ3) is 4.42. The number of amides is 1. The monoisotopic (exact) mass is 332 g/mol. The van der Waals surface area contributed by atoms with E-state index >= 15 is 0 Å². The van der Waals surface area contributed by atoms with Crippen LogP contribution in [0.15, 0.2) is 12.1 Å². The van der Waals surface area contributed by atoms with Crippen LogP contribution >= 0.6 is 0 Å². The molecular weight excluding hydrogens is 308 g/mol. The predicted molar refractivity (Wildman–Crippen MR) is 88.0 cm³/mol. The van der Waals surface area contributed by atoms with E-state index in [2.05, 4.69) is 36.7 Å². The minimum atomic E-state index is 0.0132. The molecule has 3 heterocycles. The number of carbonyl (C=O) groups is 1. The van der Waals surface area contributed by atoms with Gasteiger partial charge < -0.3 is 15.4 Å². The molecule has 0 aromatic carbocycles. The van der Waals surface area contributed by atoms with Crippen molar-refractivity contribution >= 4 is 5.91 Å². The van der Waals surface area contributed by atoms with Gasteiger partial charge in [-0.15, -0.1) is 0 Å². The molecule has 0 fully saturated rings. The highest BCUT2D eigenvalue weighted by molar-refractivity contribution is 5.76. The highest BCUT2D eigenvalue weighted by Gasteiger charge is 2.12. The second-order valence-corrected chi connectivity index (χ2v) is 5.97. The molecule has 2 aromatic rings. The van der Waals surface area contributed by atoms with Crippen molar-refractivity contribution in [3.8, 4) is 0 Å². The summed E-state index contributed by atoms with van der Waals surface area (Å²) in [6.45, 7) is 3.73. The number of aromatic amines is 1. The van der Waals surface area contributed by atoms with Gasteiger partial charge in [-0.05, 0) is 25.1 Å². The van der Waals surface area contributed by atoms with Crippen LogP contribution in [0.2, 0.25) is 0 Å². The third-order valence-corrected chi connectivity index (χ3v) is 4.00. The lowest BCUT2D eigenvalue weighted by Gasteiger charge is -2.02. The fraction of sp³-hybridized carbons (Fsp3) is 0.562. The molecule has 0 radical (unpaired) electrons. The van der Waals surface area contributed by atoms with E-state index in [1.807, 2.05) is 6.07 Å². The summed E-state index contributed by atoms with van der Waals surface area (Å²) >= 11 is 0. The number of ether oxygens (including phenoxy) is 1. The maximum Gasteiger partial charge on any atom is 0.220 e. The van der Waals surface area contributed by atoms with Crippen molar-refractivity contribution in [1.82, 2.24) is 30.6 Å². The van der Waals surface area contributed by atoms with Crippen molar-refractivity contribution in [2.45, 2.75) is 45.5 Å².